The van der Waals surface area contributed by atoms with Crippen molar-refractivity contribution >= 4 is 11.9 Å². The molecule has 0 unspecified atom stereocenters. The Hall–Kier alpha value is -1.06. The SMILES string of the molecule is CC(C)(C)C(C)(C)C(=O)NCCOC(=O)C(C)(C)C(C)(C)C. The van der Waals surface area contributed by atoms with Crippen molar-refractivity contribution in [2.24, 2.45) is 21.7 Å². The predicted octanol–water partition coefficient (Wildman–Crippen LogP) is 3.79. The minimum Gasteiger partial charge on any atom is -0.463 e. The Bertz CT molecular complexity index is 369. The zero-order valence-corrected chi connectivity index (χ0v) is 16.1. The Morgan fingerprint density at radius 2 is 1.18 bits per heavy atom. The summed E-state index contributed by atoms with van der Waals surface area (Å²) in [6.45, 7) is 20.3. The molecule has 0 heterocycles. The Balaban J connectivity index is 4.42. The van der Waals surface area contributed by atoms with Gasteiger partial charge in [-0.3, -0.25) is 9.59 Å². The van der Waals surface area contributed by atoms with Crippen LogP contribution in [-0.2, 0) is 14.3 Å². The highest BCUT2D eigenvalue weighted by atomic mass is 16.5. The molecule has 0 aromatic carbocycles. The summed E-state index contributed by atoms with van der Waals surface area (Å²) in [6.07, 6.45) is 0. The van der Waals surface area contributed by atoms with Gasteiger partial charge in [0.2, 0.25) is 5.91 Å². The summed E-state index contributed by atoms with van der Waals surface area (Å²) in [5, 5.41) is 2.86. The van der Waals surface area contributed by atoms with Gasteiger partial charge in [-0.15, -0.1) is 0 Å². The van der Waals surface area contributed by atoms with Crippen molar-refractivity contribution in [3.63, 3.8) is 0 Å². The molecule has 0 rings (SSSR count). The van der Waals surface area contributed by atoms with Gasteiger partial charge in [0.05, 0.1) is 12.0 Å². The summed E-state index contributed by atoms with van der Waals surface area (Å²) in [6, 6.07) is 0. The lowest BCUT2D eigenvalue weighted by Gasteiger charge is -2.37. The molecule has 0 fully saturated rings. The van der Waals surface area contributed by atoms with Gasteiger partial charge in [-0.05, 0) is 24.7 Å². The van der Waals surface area contributed by atoms with E-state index in [2.05, 4.69) is 5.32 Å². The molecule has 4 heteroatoms. The van der Waals surface area contributed by atoms with E-state index in [0.29, 0.717) is 6.54 Å². The summed E-state index contributed by atoms with van der Waals surface area (Å²) < 4.78 is 5.33. The lowest BCUT2D eigenvalue weighted by atomic mass is 9.69. The first kappa shape index (κ1) is 20.9. The number of ether oxygens (including phenoxy) is 1. The Morgan fingerprint density at radius 3 is 1.55 bits per heavy atom. The van der Waals surface area contributed by atoms with E-state index >= 15 is 0 Å². The number of rotatable bonds is 5. The Labute approximate surface area is 136 Å². The molecule has 0 aliphatic rings. The number of hydrogen-bond acceptors (Lipinski definition) is 3. The van der Waals surface area contributed by atoms with Crippen LogP contribution < -0.4 is 5.32 Å². The van der Waals surface area contributed by atoms with Crippen LogP contribution in [0, 0.1) is 21.7 Å². The van der Waals surface area contributed by atoms with E-state index in [1.54, 1.807) is 0 Å². The van der Waals surface area contributed by atoms with Crippen LogP contribution in [0.4, 0.5) is 0 Å². The molecular weight excluding hydrogens is 278 g/mol. The van der Waals surface area contributed by atoms with Gasteiger partial charge in [-0.25, -0.2) is 0 Å². The fourth-order valence-corrected chi connectivity index (χ4v) is 1.36. The molecular formula is C18H35NO3. The highest BCUT2D eigenvalue weighted by molar-refractivity contribution is 5.82. The number of carbonyl (C=O) groups is 2. The van der Waals surface area contributed by atoms with Crippen LogP contribution in [0.25, 0.3) is 0 Å². The van der Waals surface area contributed by atoms with Gasteiger partial charge in [0.25, 0.3) is 0 Å². The first-order chi connectivity index (χ1) is 9.55. The Morgan fingerprint density at radius 1 is 0.773 bits per heavy atom. The van der Waals surface area contributed by atoms with Crippen LogP contribution in [0.2, 0.25) is 0 Å². The standard InChI is InChI=1S/C18H35NO3/c1-15(2,3)17(7,8)13(20)19-11-12-22-14(21)18(9,10)16(4,5)6/h11-12H2,1-10H3,(H,19,20). The second kappa shape index (κ2) is 6.59. The smallest absolute Gasteiger partial charge is 0.312 e. The molecule has 0 saturated heterocycles. The van der Waals surface area contributed by atoms with Gasteiger partial charge in [0.1, 0.15) is 6.61 Å². The largest absolute Gasteiger partial charge is 0.463 e. The second-order valence-electron chi connectivity index (χ2n) is 9.14. The monoisotopic (exact) mass is 313 g/mol. The van der Waals surface area contributed by atoms with Gasteiger partial charge in [-0.1, -0.05) is 55.4 Å². The third-order valence-corrected chi connectivity index (χ3v) is 5.45. The first-order valence-electron chi connectivity index (χ1n) is 8.00. The normalized spacial score (nSPS) is 13.7. The number of carbonyl (C=O) groups excluding carboxylic acids is 2. The van der Waals surface area contributed by atoms with Gasteiger partial charge in [-0.2, -0.15) is 0 Å². The van der Waals surface area contributed by atoms with Crippen LogP contribution in [0.5, 0.6) is 0 Å². The molecule has 0 atom stereocenters. The molecule has 0 bridgehead atoms. The fourth-order valence-electron chi connectivity index (χ4n) is 1.36. The van der Waals surface area contributed by atoms with E-state index in [-0.39, 0.29) is 29.3 Å². The summed E-state index contributed by atoms with van der Waals surface area (Å²) >= 11 is 0. The van der Waals surface area contributed by atoms with Crippen molar-refractivity contribution in [3.8, 4) is 0 Å². The van der Waals surface area contributed by atoms with E-state index in [9.17, 15) is 9.59 Å². The zero-order chi connectivity index (χ0) is 18.0. The average molecular weight is 313 g/mol. The number of hydrogen-bond donors (Lipinski definition) is 1. The molecule has 1 amide bonds. The molecule has 0 aliphatic carbocycles. The van der Waals surface area contributed by atoms with Crippen molar-refractivity contribution in [1.29, 1.82) is 0 Å². The van der Waals surface area contributed by atoms with Crippen molar-refractivity contribution in [3.05, 3.63) is 0 Å². The van der Waals surface area contributed by atoms with Gasteiger partial charge in [0.15, 0.2) is 0 Å². The first-order valence-corrected chi connectivity index (χ1v) is 8.00. The van der Waals surface area contributed by atoms with Crippen molar-refractivity contribution in [2.75, 3.05) is 13.2 Å². The second-order valence-corrected chi connectivity index (χ2v) is 9.14. The van der Waals surface area contributed by atoms with E-state index in [1.807, 2.05) is 69.2 Å². The van der Waals surface area contributed by atoms with Gasteiger partial charge >= 0.3 is 5.97 Å². The summed E-state index contributed by atoms with van der Waals surface area (Å²) in [5.74, 6) is -0.254. The van der Waals surface area contributed by atoms with Gasteiger partial charge in [0, 0.05) is 5.41 Å². The summed E-state index contributed by atoms with van der Waals surface area (Å²) in [7, 11) is 0. The maximum atomic E-state index is 12.3. The lowest BCUT2D eigenvalue weighted by molar-refractivity contribution is -0.160. The minimum atomic E-state index is -0.568. The zero-order valence-electron chi connectivity index (χ0n) is 16.1. The number of esters is 1. The number of nitrogens with one attached hydrogen (secondary N) is 1. The maximum absolute atomic E-state index is 12.3. The minimum absolute atomic E-state index is 0.0221. The van der Waals surface area contributed by atoms with Crippen LogP contribution in [0.15, 0.2) is 0 Å². The highest BCUT2D eigenvalue weighted by Crippen LogP contribution is 2.39. The molecule has 1 N–H and O–H groups in total. The van der Waals surface area contributed by atoms with Crippen LogP contribution >= 0.6 is 0 Å². The van der Waals surface area contributed by atoms with Crippen molar-refractivity contribution in [1.82, 2.24) is 5.32 Å². The van der Waals surface area contributed by atoms with Crippen molar-refractivity contribution < 1.29 is 14.3 Å². The molecule has 0 radical (unpaired) electrons. The van der Waals surface area contributed by atoms with Crippen molar-refractivity contribution in [2.45, 2.75) is 69.2 Å². The average Bonchev–Trinajstić information content (AvgIpc) is 2.30. The molecule has 0 aliphatic heterocycles. The van der Waals surface area contributed by atoms with Crippen LogP contribution in [0.1, 0.15) is 69.2 Å². The molecule has 0 aromatic heterocycles. The lowest BCUT2D eigenvalue weighted by Crippen LogP contribution is -2.46. The van der Waals surface area contributed by atoms with E-state index in [4.69, 9.17) is 4.74 Å². The summed E-state index contributed by atoms with van der Waals surface area (Å²) in [4.78, 5) is 24.4. The Kier molecular flexibility index (Phi) is 6.27. The third-order valence-electron chi connectivity index (χ3n) is 5.45. The third kappa shape index (κ3) is 4.72. The topological polar surface area (TPSA) is 55.4 Å². The molecule has 22 heavy (non-hydrogen) atoms. The summed E-state index contributed by atoms with van der Waals surface area (Å²) in [5.41, 5.74) is -1.37. The van der Waals surface area contributed by atoms with E-state index in [1.165, 1.54) is 0 Å². The number of amides is 1. The maximum Gasteiger partial charge on any atom is 0.312 e. The van der Waals surface area contributed by atoms with Crippen LogP contribution in [0.3, 0.4) is 0 Å². The van der Waals surface area contributed by atoms with E-state index < -0.39 is 10.8 Å². The predicted molar refractivity (Wildman–Crippen MR) is 90.4 cm³/mol. The van der Waals surface area contributed by atoms with Crippen LogP contribution in [-0.4, -0.2) is 25.0 Å². The molecule has 0 spiro atoms. The molecule has 4 nitrogen and oxygen atoms in total. The molecule has 0 saturated carbocycles. The highest BCUT2D eigenvalue weighted by Gasteiger charge is 2.41. The molecule has 130 valence electrons. The van der Waals surface area contributed by atoms with Gasteiger partial charge < -0.3 is 10.1 Å². The molecule has 0 aromatic rings. The van der Waals surface area contributed by atoms with E-state index in [0.717, 1.165) is 0 Å². The quantitative estimate of drug-likeness (QED) is 0.620. The fraction of sp³-hybridized carbons (Fsp3) is 0.889.